The van der Waals surface area contributed by atoms with Gasteiger partial charge in [0.2, 0.25) is 5.91 Å². The molecule has 142 valence electrons. The molecule has 1 heterocycles. The Labute approximate surface area is 155 Å². The summed E-state index contributed by atoms with van der Waals surface area (Å²) in [5, 5.41) is 3.09. The molecule has 1 aliphatic heterocycles. The molecule has 0 spiro atoms. The number of amides is 1. The van der Waals surface area contributed by atoms with Gasteiger partial charge in [-0.2, -0.15) is 0 Å². The first-order valence-electron chi connectivity index (χ1n) is 9.72. The Bertz CT molecular complexity index is 635. The zero-order valence-corrected chi connectivity index (χ0v) is 15.6. The van der Waals surface area contributed by atoms with Crippen molar-refractivity contribution in [3.63, 3.8) is 0 Å². The van der Waals surface area contributed by atoms with Crippen LogP contribution in [0.2, 0.25) is 0 Å². The van der Waals surface area contributed by atoms with E-state index in [9.17, 15) is 9.59 Å². The fraction of sp³-hybridized carbons (Fsp3) is 0.619. The second-order valence-corrected chi connectivity index (χ2v) is 7.54. The zero-order chi connectivity index (χ0) is 18.4. The van der Waals surface area contributed by atoms with Crippen LogP contribution >= 0.6 is 0 Å². The molecule has 1 aromatic rings. The fourth-order valence-corrected chi connectivity index (χ4v) is 3.99. The first-order chi connectivity index (χ1) is 12.6. The number of carbonyl (C=O) groups excluding carboxylic acids is 2. The number of ether oxygens (including phenoxy) is 2. The van der Waals surface area contributed by atoms with E-state index in [2.05, 4.69) is 11.4 Å². The van der Waals surface area contributed by atoms with Crippen LogP contribution in [0.15, 0.2) is 18.2 Å². The smallest absolute Gasteiger partial charge is 0.305 e. The van der Waals surface area contributed by atoms with Crippen molar-refractivity contribution < 1.29 is 19.1 Å². The molecule has 0 aromatic heterocycles. The minimum absolute atomic E-state index is 0.0818. The number of nitrogens with one attached hydrogen (secondary N) is 1. The Morgan fingerprint density at radius 3 is 2.73 bits per heavy atom. The predicted molar refractivity (Wildman–Crippen MR) is 99.1 cm³/mol. The van der Waals surface area contributed by atoms with Crippen LogP contribution in [-0.2, 0) is 27.2 Å². The van der Waals surface area contributed by atoms with Crippen LogP contribution in [0.4, 0.5) is 0 Å². The van der Waals surface area contributed by atoms with Crippen LogP contribution in [-0.4, -0.2) is 32.1 Å². The van der Waals surface area contributed by atoms with E-state index in [0.29, 0.717) is 24.7 Å². The van der Waals surface area contributed by atoms with Crippen molar-refractivity contribution >= 4 is 11.9 Å². The zero-order valence-electron chi connectivity index (χ0n) is 15.6. The first kappa shape index (κ1) is 18.7. The van der Waals surface area contributed by atoms with E-state index in [1.165, 1.54) is 12.7 Å². The maximum Gasteiger partial charge on any atom is 0.305 e. The molecule has 5 heteroatoms. The molecule has 0 saturated heterocycles. The van der Waals surface area contributed by atoms with E-state index in [0.717, 1.165) is 63.0 Å². The van der Waals surface area contributed by atoms with Gasteiger partial charge < -0.3 is 14.8 Å². The standard InChI is InChI=1S/C21H29NO4/c1-25-21(24)13-15-4-6-16(7-5-15)14-22-20(23)12-17-8-9-19-18(11-17)3-2-10-26-19/h8-9,11,15-16H,2-7,10,12-14H2,1H3,(H,22,23). The number of methoxy groups -OCH3 is 1. The van der Waals surface area contributed by atoms with Crippen molar-refractivity contribution in [2.75, 3.05) is 20.3 Å². The SMILES string of the molecule is COC(=O)CC1CCC(CNC(=O)Cc2ccc3c(c2)CCCO3)CC1. The van der Waals surface area contributed by atoms with E-state index in [-0.39, 0.29) is 11.9 Å². The van der Waals surface area contributed by atoms with Crippen LogP contribution in [0.1, 0.15) is 49.7 Å². The molecular formula is C21H29NO4. The largest absolute Gasteiger partial charge is 0.493 e. The Hall–Kier alpha value is -2.04. The Morgan fingerprint density at radius 1 is 1.19 bits per heavy atom. The van der Waals surface area contributed by atoms with E-state index < -0.39 is 0 Å². The predicted octanol–water partition coefficient (Wildman–Crippen LogP) is 3.04. The molecule has 0 atom stereocenters. The molecule has 1 N–H and O–H groups in total. The van der Waals surface area contributed by atoms with Gasteiger partial charge in [0.25, 0.3) is 0 Å². The van der Waals surface area contributed by atoms with Crippen LogP contribution in [0.25, 0.3) is 0 Å². The normalized spacial score (nSPS) is 22.0. The molecule has 1 fully saturated rings. The van der Waals surface area contributed by atoms with E-state index in [1.807, 2.05) is 12.1 Å². The summed E-state index contributed by atoms with van der Waals surface area (Å²) in [4.78, 5) is 23.6. The second-order valence-electron chi connectivity index (χ2n) is 7.54. The summed E-state index contributed by atoms with van der Waals surface area (Å²) in [6.07, 6.45) is 7.24. The Kier molecular flexibility index (Phi) is 6.53. The molecule has 1 aliphatic carbocycles. The minimum atomic E-state index is -0.114. The number of fused-ring (bicyclic) bond motifs is 1. The number of rotatable bonds is 6. The van der Waals surface area contributed by atoms with Crippen molar-refractivity contribution in [2.45, 2.75) is 51.4 Å². The van der Waals surface area contributed by atoms with E-state index >= 15 is 0 Å². The topological polar surface area (TPSA) is 64.6 Å². The third-order valence-corrected chi connectivity index (χ3v) is 5.57. The molecule has 0 unspecified atom stereocenters. The van der Waals surface area contributed by atoms with Gasteiger partial charge in [0.05, 0.1) is 20.1 Å². The molecule has 3 rings (SSSR count). The maximum absolute atomic E-state index is 12.3. The average Bonchev–Trinajstić information content (AvgIpc) is 2.67. The van der Waals surface area contributed by atoms with Crippen molar-refractivity contribution in [2.24, 2.45) is 11.8 Å². The maximum atomic E-state index is 12.3. The number of benzene rings is 1. The Morgan fingerprint density at radius 2 is 1.96 bits per heavy atom. The summed E-state index contributed by atoms with van der Waals surface area (Å²) < 4.78 is 10.4. The van der Waals surface area contributed by atoms with E-state index in [1.54, 1.807) is 0 Å². The molecule has 1 amide bonds. The van der Waals surface area contributed by atoms with E-state index in [4.69, 9.17) is 9.47 Å². The van der Waals surface area contributed by atoms with Crippen molar-refractivity contribution in [3.05, 3.63) is 29.3 Å². The van der Waals surface area contributed by atoms with Crippen LogP contribution in [0.5, 0.6) is 5.75 Å². The number of hydrogen-bond donors (Lipinski definition) is 1. The van der Waals surface area contributed by atoms with Gasteiger partial charge in [-0.1, -0.05) is 12.1 Å². The lowest BCUT2D eigenvalue weighted by Crippen LogP contribution is -2.32. The Balaban J connectivity index is 1.39. The lowest BCUT2D eigenvalue weighted by atomic mass is 9.80. The molecule has 5 nitrogen and oxygen atoms in total. The molecule has 0 bridgehead atoms. The van der Waals surface area contributed by atoms with Gasteiger partial charge in [-0.3, -0.25) is 9.59 Å². The average molecular weight is 359 g/mol. The summed E-state index contributed by atoms with van der Waals surface area (Å²) in [6, 6.07) is 6.08. The molecule has 26 heavy (non-hydrogen) atoms. The van der Waals surface area contributed by atoms with Gasteiger partial charge in [0, 0.05) is 13.0 Å². The molecule has 1 saturated carbocycles. The van der Waals surface area contributed by atoms with Gasteiger partial charge in [-0.15, -0.1) is 0 Å². The summed E-state index contributed by atoms with van der Waals surface area (Å²) in [5.41, 5.74) is 2.26. The highest BCUT2D eigenvalue weighted by molar-refractivity contribution is 5.78. The van der Waals surface area contributed by atoms with Crippen molar-refractivity contribution in [1.29, 1.82) is 0 Å². The van der Waals surface area contributed by atoms with Gasteiger partial charge in [0.1, 0.15) is 5.75 Å². The highest BCUT2D eigenvalue weighted by atomic mass is 16.5. The molecule has 2 aliphatic rings. The van der Waals surface area contributed by atoms with Gasteiger partial charge in [-0.05, 0) is 67.6 Å². The van der Waals surface area contributed by atoms with Crippen molar-refractivity contribution in [3.8, 4) is 5.75 Å². The highest BCUT2D eigenvalue weighted by Gasteiger charge is 2.23. The molecular weight excluding hydrogens is 330 g/mol. The second kappa shape index (κ2) is 9.06. The summed E-state index contributed by atoms with van der Waals surface area (Å²) in [7, 11) is 1.44. The molecule has 0 radical (unpaired) electrons. The van der Waals surface area contributed by atoms with Gasteiger partial charge >= 0.3 is 5.97 Å². The van der Waals surface area contributed by atoms with Crippen LogP contribution in [0.3, 0.4) is 0 Å². The fourth-order valence-electron chi connectivity index (χ4n) is 3.99. The third-order valence-electron chi connectivity index (χ3n) is 5.57. The quantitative estimate of drug-likeness (QED) is 0.793. The van der Waals surface area contributed by atoms with Crippen LogP contribution < -0.4 is 10.1 Å². The monoisotopic (exact) mass is 359 g/mol. The lowest BCUT2D eigenvalue weighted by molar-refractivity contribution is -0.142. The van der Waals surface area contributed by atoms with Gasteiger partial charge in [-0.25, -0.2) is 0 Å². The third kappa shape index (κ3) is 5.23. The van der Waals surface area contributed by atoms with Crippen molar-refractivity contribution in [1.82, 2.24) is 5.32 Å². The summed E-state index contributed by atoms with van der Waals surface area (Å²) in [6.45, 7) is 1.52. The first-order valence-corrected chi connectivity index (χ1v) is 9.72. The highest BCUT2D eigenvalue weighted by Crippen LogP contribution is 2.30. The number of aryl methyl sites for hydroxylation is 1. The molecule has 1 aromatic carbocycles. The number of carbonyl (C=O) groups is 2. The summed E-state index contributed by atoms with van der Waals surface area (Å²) in [5.74, 6) is 1.89. The van der Waals surface area contributed by atoms with Gasteiger partial charge in [0.15, 0.2) is 0 Å². The number of esters is 1. The summed E-state index contributed by atoms with van der Waals surface area (Å²) >= 11 is 0. The lowest BCUT2D eigenvalue weighted by Gasteiger charge is -2.28. The minimum Gasteiger partial charge on any atom is -0.493 e. The van der Waals surface area contributed by atoms with Crippen LogP contribution in [0, 0.1) is 11.8 Å². The number of hydrogen-bond acceptors (Lipinski definition) is 4.